The number of amides is 1. The molecule has 0 aromatic heterocycles. The van der Waals surface area contributed by atoms with Crippen LogP contribution in [-0.4, -0.2) is 21.8 Å². The fourth-order valence-corrected chi connectivity index (χ4v) is 4.68. The van der Waals surface area contributed by atoms with Crippen molar-refractivity contribution in [2.45, 2.75) is 33.4 Å². The molecule has 0 aliphatic heterocycles. The maximum absolute atomic E-state index is 13.5. The molecule has 1 N–H and O–H groups in total. The van der Waals surface area contributed by atoms with Crippen LogP contribution in [0, 0.1) is 11.7 Å². The van der Waals surface area contributed by atoms with E-state index >= 15 is 0 Å². The summed E-state index contributed by atoms with van der Waals surface area (Å²) >= 11 is 12.4. The molecule has 27 heavy (non-hydrogen) atoms. The van der Waals surface area contributed by atoms with Gasteiger partial charge in [0.25, 0.3) is 0 Å². The van der Waals surface area contributed by atoms with Crippen LogP contribution < -0.4 is 5.32 Å². The number of carbonyl (C=O) groups excluding carboxylic acids is 1. The summed E-state index contributed by atoms with van der Waals surface area (Å²) in [6.07, 6.45) is 0. The van der Waals surface area contributed by atoms with E-state index in [1.807, 2.05) is 44.2 Å². The average Bonchev–Trinajstić information content (AvgIpc) is 2.58. The molecule has 144 valence electrons. The second kappa shape index (κ2) is 9.75. The molecule has 0 bridgehead atoms. The predicted octanol–water partition coefficient (Wildman–Crippen LogP) is 6.16. The van der Waals surface area contributed by atoms with E-state index in [2.05, 4.69) is 37.2 Å². The number of nitrogens with zero attached hydrogens (tertiary/aromatic N) is 1. The van der Waals surface area contributed by atoms with Gasteiger partial charge in [0, 0.05) is 22.4 Å². The topological polar surface area (TPSA) is 32.3 Å². The molecule has 0 saturated heterocycles. The van der Waals surface area contributed by atoms with Crippen molar-refractivity contribution in [3.05, 3.63) is 62.8 Å². The minimum absolute atomic E-state index is 0.0565. The predicted molar refractivity (Wildman–Crippen MR) is 119 cm³/mol. The number of hydrogen-bond acceptors (Lipinski definition) is 2. The minimum atomic E-state index is -0.361. The molecule has 0 radical (unpaired) electrons. The fraction of sp³-hybridized carbons (Fsp3) is 0.300. The Bertz CT molecular complexity index is 807. The first-order chi connectivity index (χ1) is 12.7. The van der Waals surface area contributed by atoms with Gasteiger partial charge in [-0.2, -0.15) is 0 Å². The van der Waals surface area contributed by atoms with Gasteiger partial charge in [-0.25, -0.2) is 4.39 Å². The summed E-state index contributed by atoms with van der Waals surface area (Å²) in [6, 6.07) is 12.2. The average molecular weight is 516 g/mol. The first-order valence-electron chi connectivity index (χ1n) is 8.47. The molecule has 0 heterocycles. The monoisotopic (exact) mass is 514 g/mol. The van der Waals surface area contributed by atoms with Gasteiger partial charge in [-0.1, -0.05) is 56.4 Å². The Hall–Kier alpha value is -1.31. The van der Waals surface area contributed by atoms with Crippen LogP contribution >= 0.6 is 44.1 Å². The summed E-state index contributed by atoms with van der Waals surface area (Å²) in [5.41, 5.74) is 1.67. The zero-order chi connectivity index (χ0) is 20.1. The Morgan fingerprint density at radius 2 is 1.74 bits per heavy atom. The number of rotatable bonds is 6. The highest BCUT2D eigenvalue weighted by Crippen LogP contribution is 2.33. The van der Waals surface area contributed by atoms with Gasteiger partial charge >= 0.3 is 0 Å². The van der Waals surface area contributed by atoms with Gasteiger partial charge in [0.05, 0.1) is 11.7 Å². The maximum Gasteiger partial charge on any atom is 0.220 e. The van der Waals surface area contributed by atoms with E-state index in [1.54, 1.807) is 11.8 Å². The highest BCUT2D eigenvalue weighted by atomic mass is 79.9. The van der Waals surface area contributed by atoms with Crippen LogP contribution in [0.25, 0.3) is 0 Å². The van der Waals surface area contributed by atoms with E-state index in [0.29, 0.717) is 26.2 Å². The van der Waals surface area contributed by atoms with Crippen LogP contribution in [-0.2, 0) is 11.3 Å². The smallest absolute Gasteiger partial charge is 0.220 e. The molecule has 1 atom stereocenters. The number of nitrogens with one attached hydrogen (secondary N) is 1. The lowest BCUT2D eigenvalue weighted by atomic mass is 10.0. The largest absolute Gasteiger partial charge is 0.346 e. The molecular weight excluding hydrogens is 495 g/mol. The van der Waals surface area contributed by atoms with E-state index in [-0.39, 0.29) is 23.7 Å². The van der Waals surface area contributed by atoms with Crippen LogP contribution in [0.2, 0.25) is 0 Å². The molecule has 1 unspecified atom stereocenters. The van der Waals surface area contributed by atoms with Crippen LogP contribution in [0.5, 0.6) is 0 Å². The minimum Gasteiger partial charge on any atom is -0.346 e. The molecule has 0 aliphatic carbocycles. The number of halogens is 3. The van der Waals surface area contributed by atoms with Crippen LogP contribution in [0.4, 0.5) is 10.1 Å². The van der Waals surface area contributed by atoms with Crippen LogP contribution in [0.1, 0.15) is 26.3 Å². The normalized spacial score (nSPS) is 12.0. The fourth-order valence-electron chi connectivity index (χ4n) is 2.85. The molecule has 0 spiro atoms. The Morgan fingerprint density at radius 3 is 2.22 bits per heavy atom. The first kappa shape index (κ1) is 22.0. The van der Waals surface area contributed by atoms with E-state index in [1.165, 1.54) is 12.1 Å². The Balaban J connectivity index is 2.31. The van der Waals surface area contributed by atoms with Crippen molar-refractivity contribution in [3.63, 3.8) is 0 Å². The van der Waals surface area contributed by atoms with E-state index in [4.69, 9.17) is 12.2 Å². The summed E-state index contributed by atoms with van der Waals surface area (Å²) in [4.78, 5) is 14.7. The van der Waals surface area contributed by atoms with Gasteiger partial charge in [-0.15, -0.1) is 0 Å². The number of carbonyl (C=O) groups is 1. The lowest BCUT2D eigenvalue weighted by Gasteiger charge is -2.35. The molecule has 7 heteroatoms. The van der Waals surface area contributed by atoms with Gasteiger partial charge in [0.2, 0.25) is 5.91 Å². The second-order valence-electron chi connectivity index (χ2n) is 6.56. The lowest BCUT2D eigenvalue weighted by Crippen LogP contribution is -2.48. The van der Waals surface area contributed by atoms with Crippen molar-refractivity contribution in [2.75, 3.05) is 5.32 Å². The second-order valence-corrected chi connectivity index (χ2v) is 8.70. The van der Waals surface area contributed by atoms with Crippen molar-refractivity contribution in [2.24, 2.45) is 5.92 Å². The molecule has 2 rings (SSSR count). The Kier molecular flexibility index (Phi) is 7.94. The summed E-state index contributed by atoms with van der Waals surface area (Å²) in [7, 11) is 0. The SMILES string of the molecule is CC(=O)N(Cc1ccccc1)C(C(=S)Nc1c(Br)cc(F)cc1Br)C(C)C. The first-order valence-corrected chi connectivity index (χ1v) is 10.5. The zero-order valence-electron chi connectivity index (χ0n) is 15.3. The molecule has 1 amide bonds. The summed E-state index contributed by atoms with van der Waals surface area (Å²) in [5.74, 6) is -0.324. The van der Waals surface area contributed by atoms with Crippen LogP contribution in [0.15, 0.2) is 51.4 Å². The third kappa shape index (κ3) is 5.83. The summed E-state index contributed by atoms with van der Waals surface area (Å²) in [6.45, 7) is 6.06. The van der Waals surface area contributed by atoms with Gasteiger partial charge in [0.1, 0.15) is 10.8 Å². The van der Waals surface area contributed by atoms with E-state index in [9.17, 15) is 9.18 Å². The lowest BCUT2D eigenvalue weighted by molar-refractivity contribution is -0.131. The number of thiocarbonyl (C=S) groups is 1. The number of benzene rings is 2. The highest BCUT2D eigenvalue weighted by molar-refractivity contribution is 9.11. The van der Waals surface area contributed by atoms with Crippen molar-refractivity contribution >= 4 is 60.7 Å². The highest BCUT2D eigenvalue weighted by Gasteiger charge is 2.29. The summed E-state index contributed by atoms with van der Waals surface area (Å²) in [5, 5.41) is 3.19. The van der Waals surface area contributed by atoms with Crippen LogP contribution in [0.3, 0.4) is 0 Å². The number of anilines is 1. The zero-order valence-corrected chi connectivity index (χ0v) is 19.3. The van der Waals surface area contributed by atoms with Gasteiger partial charge in [0.15, 0.2) is 0 Å². The third-order valence-corrected chi connectivity index (χ3v) is 5.69. The molecule has 3 nitrogen and oxygen atoms in total. The molecule has 0 saturated carbocycles. The quantitative estimate of drug-likeness (QED) is 0.467. The molecule has 2 aromatic carbocycles. The Morgan fingerprint density at radius 1 is 1.19 bits per heavy atom. The van der Waals surface area contributed by atoms with Crippen molar-refractivity contribution in [3.8, 4) is 0 Å². The van der Waals surface area contributed by atoms with Crippen molar-refractivity contribution in [1.82, 2.24) is 4.90 Å². The number of hydrogen-bond donors (Lipinski definition) is 1. The molecule has 0 fully saturated rings. The molecule has 0 aliphatic rings. The standard InChI is InChI=1S/C20H21Br2FN2OS/c1-12(2)19(25(13(3)26)11-14-7-5-4-6-8-14)20(27)24-18-16(21)9-15(23)10-17(18)22/h4-10,12,19H,11H2,1-3H3,(H,24,27). The molecule has 2 aromatic rings. The maximum atomic E-state index is 13.5. The van der Waals surface area contributed by atoms with Gasteiger partial charge in [-0.3, -0.25) is 4.79 Å². The Labute approximate surface area is 181 Å². The van der Waals surface area contributed by atoms with Gasteiger partial charge < -0.3 is 10.2 Å². The third-order valence-electron chi connectivity index (χ3n) is 4.09. The van der Waals surface area contributed by atoms with Crippen molar-refractivity contribution < 1.29 is 9.18 Å². The van der Waals surface area contributed by atoms with Gasteiger partial charge in [-0.05, 0) is 55.5 Å². The van der Waals surface area contributed by atoms with E-state index < -0.39 is 0 Å². The summed E-state index contributed by atoms with van der Waals surface area (Å²) < 4.78 is 14.6. The van der Waals surface area contributed by atoms with E-state index in [0.717, 1.165) is 5.56 Å². The van der Waals surface area contributed by atoms with Crippen molar-refractivity contribution in [1.29, 1.82) is 0 Å². The molecular formula is C20H21Br2FN2OS.